The Morgan fingerprint density at radius 1 is 1.59 bits per heavy atom. The van der Waals surface area contributed by atoms with Gasteiger partial charge in [-0.3, -0.25) is 5.41 Å². The van der Waals surface area contributed by atoms with Gasteiger partial charge in [0.15, 0.2) is 11.6 Å². The van der Waals surface area contributed by atoms with E-state index in [-0.39, 0.29) is 17.7 Å². The standard InChI is InChI=1S/C11H18FN5/c1-4-8-10(12)11(16-6-15-8)17(3)7(2)5-9(13)14/h6-7H,4-5H2,1-3H3,(H3,13,14). The van der Waals surface area contributed by atoms with Gasteiger partial charge in [-0.05, 0) is 13.3 Å². The number of aromatic nitrogens is 2. The molecule has 0 aromatic carbocycles. The van der Waals surface area contributed by atoms with Crippen molar-refractivity contribution in [1.82, 2.24) is 9.97 Å². The van der Waals surface area contributed by atoms with Gasteiger partial charge in [0.2, 0.25) is 0 Å². The van der Waals surface area contributed by atoms with Crippen LogP contribution < -0.4 is 10.6 Å². The number of aryl methyl sites for hydroxylation is 1. The van der Waals surface area contributed by atoms with Crippen LogP contribution in [0.3, 0.4) is 0 Å². The van der Waals surface area contributed by atoms with Crippen LogP contribution in [0, 0.1) is 11.2 Å². The molecule has 0 spiro atoms. The maximum Gasteiger partial charge on any atom is 0.187 e. The fourth-order valence-electron chi connectivity index (χ4n) is 1.55. The van der Waals surface area contributed by atoms with Crippen molar-refractivity contribution in [2.75, 3.05) is 11.9 Å². The molecule has 1 heterocycles. The summed E-state index contributed by atoms with van der Waals surface area (Å²) in [5.41, 5.74) is 5.73. The lowest BCUT2D eigenvalue weighted by Gasteiger charge is -2.26. The zero-order valence-electron chi connectivity index (χ0n) is 10.4. The molecule has 1 aromatic heterocycles. The van der Waals surface area contributed by atoms with Crippen LogP contribution in [0.25, 0.3) is 0 Å². The zero-order chi connectivity index (χ0) is 13.0. The number of anilines is 1. The van der Waals surface area contributed by atoms with Gasteiger partial charge in [-0.2, -0.15) is 0 Å². The van der Waals surface area contributed by atoms with Crippen molar-refractivity contribution < 1.29 is 4.39 Å². The van der Waals surface area contributed by atoms with E-state index < -0.39 is 5.82 Å². The van der Waals surface area contributed by atoms with Gasteiger partial charge in [0.05, 0.1) is 11.5 Å². The molecule has 1 rings (SSSR count). The quantitative estimate of drug-likeness (QED) is 0.600. The van der Waals surface area contributed by atoms with Crippen LogP contribution in [-0.4, -0.2) is 28.9 Å². The van der Waals surface area contributed by atoms with E-state index in [0.717, 1.165) is 0 Å². The van der Waals surface area contributed by atoms with Crippen molar-refractivity contribution >= 4 is 11.7 Å². The molecule has 0 fully saturated rings. The van der Waals surface area contributed by atoms with Crippen LogP contribution in [0.2, 0.25) is 0 Å². The lowest BCUT2D eigenvalue weighted by atomic mass is 10.2. The molecule has 0 saturated carbocycles. The van der Waals surface area contributed by atoms with Crippen molar-refractivity contribution in [2.24, 2.45) is 5.73 Å². The minimum Gasteiger partial charge on any atom is -0.388 e. The van der Waals surface area contributed by atoms with E-state index in [2.05, 4.69) is 9.97 Å². The van der Waals surface area contributed by atoms with Gasteiger partial charge in [0, 0.05) is 19.5 Å². The van der Waals surface area contributed by atoms with Crippen molar-refractivity contribution in [3.63, 3.8) is 0 Å². The van der Waals surface area contributed by atoms with E-state index in [1.165, 1.54) is 6.33 Å². The highest BCUT2D eigenvalue weighted by Gasteiger charge is 2.18. The van der Waals surface area contributed by atoms with Crippen molar-refractivity contribution in [2.45, 2.75) is 32.7 Å². The smallest absolute Gasteiger partial charge is 0.187 e. The van der Waals surface area contributed by atoms with Crippen LogP contribution in [-0.2, 0) is 6.42 Å². The molecule has 0 aliphatic rings. The summed E-state index contributed by atoms with van der Waals surface area (Å²) >= 11 is 0. The topological polar surface area (TPSA) is 78.9 Å². The van der Waals surface area contributed by atoms with E-state index in [0.29, 0.717) is 18.5 Å². The Kier molecular flexibility index (Phi) is 4.37. The molecule has 5 nitrogen and oxygen atoms in total. The molecule has 0 bridgehead atoms. The van der Waals surface area contributed by atoms with Gasteiger partial charge < -0.3 is 10.6 Å². The molecule has 17 heavy (non-hydrogen) atoms. The first kappa shape index (κ1) is 13.3. The maximum absolute atomic E-state index is 14.0. The second-order valence-electron chi connectivity index (χ2n) is 4.00. The van der Waals surface area contributed by atoms with E-state index >= 15 is 0 Å². The Morgan fingerprint density at radius 2 is 2.24 bits per heavy atom. The Morgan fingerprint density at radius 3 is 2.76 bits per heavy atom. The number of nitrogens with zero attached hydrogens (tertiary/aromatic N) is 3. The second-order valence-corrected chi connectivity index (χ2v) is 4.00. The summed E-state index contributed by atoms with van der Waals surface area (Å²) < 4.78 is 14.0. The average molecular weight is 239 g/mol. The predicted molar refractivity (Wildman–Crippen MR) is 65.8 cm³/mol. The van der Waals surface area contributed by atoms with Crippen LogP contribution in [0.4, 0.5) is 10.2 Å². The summed E-state index contributed by atoms with van der Waals surface area (Å²) in [5.74, 6) is -0.0620. The summed E-state index contributed by atoms with van der Waals surface area (Å²) in [7, 11) is 1.73. The highest BCUT2D eigenvalue weighted by atomic mass is 19.1. The monoisotopic (exact) mass is 239 g/mol. The van der Waals surface area contributed by atoms with Gasteiger partial charge in [0.1, 0.15) is 6.33 Å². The van der Waals surface area contributed by atoms with Gasteiger partial charge in [-0.25, -0.2) is 14.4 Å². The highest BCUT2D eigenvalue weighted by Crippen LogP contribution is 2.19. The first-order chi connectivity index (χ1) is 7.97. The summed E-state index contributed by atoms with van der Waals surface area (Å²) in [6.07, 6.45) is 2.26. The summed E-state index contributed by atoms with van der Waals surface area (Å²) in [4.78, 5) is 9.50. The number of halogens is 1. The third-order valence-corrected chi connectivity index (χ3v) is 2.69. The predicted octanol–water partition coefficient (Wildman–Crippen LogP) is 1.33. The van der Waals surface area contributed by atoms with E-state index in [1.54, 1.807) is 11.9 Å². The molecule has 1 aromatic rings. The summed E-state index contributed by atoms with van der Waals surface area (Å²) in [6, 6.07) is -0.0818. The van der Waals surface area contributed by atoms with Gasteiger partial charge >= 0.3 is 0 Å². The van der Waals surface area contributed by atoms with Crippen molar-refractivity contribution in [3.05, 3.63) is 17.8 Å². The Bertz CT molecular complexity index is 407. The third-order valence-electron chi connectivity index (χ3n) is 2.69. The van der Waals surface area contributed by atoms with Crippen molar-refractivity contribution in [3.8, 4) is 0 Å². The molecule has 94 valence electrons. The SMILES string of the molecule is CCc1ncnc(N(C)C(C)CC(=N)N)c1F. The minimum atomic E-state index is -0.395. The second kappa shape index (κ2) is 5.56. The highest BCUT2D eigenvalue weighted by molar-refractivity contribution is 5.77. The van der Waals surface area contributed by atoms with Crippen LogP contribution in [0.1, 0.15) is 26.0 Å². The number of nitrogens with one attached hydrogen (secondary N) is 1. The molecule has 0 radical (unpaired) electrons. The average Bonchev–Trinajstić information content (AvgIpc) is 2.27. The molecule has 0 amide bonds. The minimum absolute atomic E-state index is 0.0783. The van der Waals surface area contributed by atoms with E-state index in [1.807, 2.05) is 13.8 Å². The van der Waals surface area contributed by atoms with Gasteiger partial charge in [-0.1, -0.05) is 6.92 Å². The van der Waals surface area contributed by atoms with Crippen molar-refractivity contribution in [1.29, 1.82) is 5.41 Å². The first-order valence-corrected chi connectivity index (χ1v) is 5.52. The van der Waals surface area contributed by atoms with Gasteiger partial charge in [-0.15, -0.1) is 0 Å². The van der Waals surface area contributed by atoms with Crippen LogP contribution in [0.15, 0.2) is 6.33 Å². The molecule has 6 heteroatoms. The molecule has 1 unspecified atom stereocenters. The Hall–Kier alpha value is -1.72. The fraction of sp³-hybridized carbons (Fsp3) is 0.545. The molecule has 0 aliphatic heterocycles. The molecule has 0 saturated heterocycles. The van der Waals surface area contributed by atoms with Gasteiger partial charge in [0.25, 0.3) is 0 Å². The normalized spacial score (nSPS) is 12.2. The van der Waals surface area contributed by atoms with Crippen LogP contribution >= 0.6 is 0 Å². The maximum atomic E-state index is 14.0. The summed E-state index contributed by atoms with van der Waals surface area (Å²) in [5, 5.41) is 7.24. The Labute approximate surface area is 100 Å². The summed E-state index contributed by atoms with van der Waals surface area (Å²) in [6.45, 7) is 3.71. The number of nitrogens with two attached hydrogens (primary N) is 1. The number of amidine groups is 1. The zero-order valence-corrected chi connectivity index (χ0v) is 10.4. The van der Waals surface area contributed by atoms with E-state index in [9.17, 15) is 4.39 Å². The molecule has 1 atom stereocenters. The number of hydrogen-bond donors (Lipinski definition) is 2. The lowest BCUT2D eigenvalue weighted by molar-refractivity contribution is 0.576. The molecular formula is C11H18FN5. The first-order valence-electron chi connectivity index (χ1n) is 5.52. The number of rotatable bonds is 5. The Balaban J connectivity index is 2.95. The molecule has 3 N–H and O–H groups in total. The number of hydrogen-bond acceptors (Lipinski definition) is 4. The largest absolute Gasteiger partial charge is 0.388 e. The molecular weight excluding hydrogens is 221 g/mol. The molecule has 0 aliphatic carbocycles. The van der Waals surface area contributed by atoms with Crippen LogP contribution in [0.5, 0.6) is 0 Å². The van der Waals surface area contributed by atoms with E-state index in [4.69, 9.17) is 11.1 Å². The third kappa shape index (κ3) is 3.12. The lowest BCUT2D eigenvalue weighted by Crippen LogP contribution is -2.34. The fourth-order valence-corrected chi connectivity index (χ4v) is 1.55.